The predicted molar refractivity (Wildman–Crippen MR) is 122 cm³/mol. The van der Waals surface area contributed by atoms with Crippen LogP contribution in [-0.2, 0) is 6.42 Å². The first-order valence-electron chi connectivity index (χ1n) is 11.2. The van der Waals surface area contributed by atoms with E-state index in [0.717, 1.165) is 32.4 Å². The van der Waals surface area contributed by atoms with Gasteiger partial charge in [-0.25, -0.2) is 9.67 Å². The van der Waals surface area contributed by atoms with Crippen molar-refractivity contribution in [1.82, 2.24) is 25.0 Å². The topological polar surface area (TPSA) is 63.1 Å². The molecule has 1 fully saturated rings. The number of benzene rings is 1. The highest BCUT2D eigenvalue weighted by atomic mass is 16.1. The van der Waals surface area contributed by atoms with E-state index in [2.05, 4.69) is 57.7 Å². The summed E-state index contributed by atoms with van der Waals surface area (Å²) < 4.78 is 1.68. The van der Waals surface area contributed by atoms with Crippen LogP contribution in [0.25, 0.3) is 5.82 Å². The first-order chi connectivity index (χ1) is 15.2. The van der Waals surface area contributed by atoms with Gasteiger partial charge in [0.15, 0.2) is 5.82 Å². The van der Waals surface area contributed by atoms with Crippen molar-refractivity contribution in [3.05, 3.63) is 78.2 Å². The summed E-state index contributed by atoms with van der Waals surface area (Å²) in [6.45, 7) is 2.04. The van der Waals surface area contributed by atoms with Crippen LogP contribution in [0.5, 0.6) is 0 Å². The Morgan fingerprint density at radius 3 is 2.71 bits per heavy atom. The lowest BCUT2D eigenvalue weighted by Gasteiger charge is -2.35. The summed E-state index contributed by atoms with van der Waals surface area (Å²) in [7, 11) is 2.19. The molecule has 0 radical (unpaired) electrons. The number of nitrogens with one attached hydrogen (secondary N) is 1. The van der Waals surface area contributed by atoms with E-state index < -0.39 is 0 Å². The molecular weight excluding hydrogens is 386 g/mol. The molecule has 2 atom stereocenters. The Bertz CT molecular complexity index is 940. The van der Waals surface area contributed by atoms with Gasteiger partial charge in [-0.3, -0.25) is 4.79 Å². The predicted octanol–water partition coefficient (Wildman–Crippen LogP) is 3.73. The van der Waals surface area contributed by atoms with Crippen molar-refractivity contribution in [1.29, 1.82) is 0 Å². The van der Waals surface area contributed by atoms with Crippen LogP contribution in [0.2, 0.25) is 0 Å². The lowest BCUT2D eigenvalue weighted by molar-refractivity contribution is 0.0891. The molecule has 2 aromatic heterocycles. The SMILES string of the molecule is CN(CCc1ccccc1)C[C@@H]1CCCC[C@H]1NC(=O)c1ccc(-n2cccn2)nc1. The highest BCUT2D eigenvalue weighted by Crippen LogP contribution is 2.25. The lowest BCUT2D eigenvalue weighted by atomic mass is 9.84. The Labute approximate surface area is 184 Å². The molecule has 1 N–H and O–H groups in total. The second kappa shape index (κ2) is 10.4. The zero-order valence-corrected chi connectivity index (χ0v) is 18.2. The molecule has 0 spiro atoms. The van der Waals surface area contributed by atoms with Gasteiger partial charge in [0.25, 0.3) is 5.91 Å². The Hall–Kier alpha value is -2.99. The number of nitrogens with zero attached hydrogens (tertiary/aromatic N) is 4. The van der Waals surface area contributed by atoms with Crippen molar-refractivity contribution < 1.29 is 4.79 Å². The number of pyridine rings is 1. The van der Waals surface area contributed by atoms with Gasteiger partial charge >= 0.3 is 0 Å². The highest BCUT2D eigenvalue weighted by Gasteiger charge is 2.27. The van der Waals surface area contributed by atoms with Gasteiger partial charge in [-0.15, -0.1) is 0 Å². The minimum atomic E-state index is -0.0386. The third-order valence-corrected chi connectivity index (χ3v) is 6.15. The number of carbonyl (C=O) groups excluding carboxylic acids is 1. The van der Waals surface area contributed by atoms with Crippen molar-refractivity contribution in [2.45, 2.75) is 38.1 Å². The highest BCUT2D eigenvalue weighted by molar-refractivity contribution is 5.94. The van der Waals surface area contributed by atoms with Crippen LogP contribution in [0.15, 0.2) is 67.1 Å². The van der Waals surface area contributed by atoms with Crippen LogP contribution in [0.4, 0.5) is 0 Å². The van der Waals surface area contributed by atoms with Crippen LogP contribution in [0.3, 0.4) is 0 Å². The quantitative estimate of drug-likeness (QED) is 0.607. The van der Waals surface area contributed by atoms with Crippen LogP contribution in [-0.4, -0.2) is 51.8 Å². The standard InChI is InChI=1S/C25H31N5O/c1-29(17-14-20-8-3-2-4-9-20)19-22-10-5-6-11-23(22)28-25(31)21-12-13-24(26-18-21)30-16-7-15-27-30/h2-4,7-9,12-13,15-16,18,22-23H,5-6,10-11,14,17,19H2,1H3,(H,28,31)/t22-,23+/m0/s1. The second-order valence-electron chi connectivity index (χ2n) is 8.48. The van der Waals surface area contributed by atoms with E-state index in [4.69, 9.17) is 0 Å². The number of hydrogen-bond donors (Lipinski definition) is 1. The summed E-state index contributed by atoms with van der Waals surface area (Å²) in [6.07, 6.45) is 10.9. The van der Waals surface area contributed by atoms with Crippen LogP contribution in [0.1, 0.15) is 41.6 Å². The van der Waals surface area contributed by atoms with Gasteiger partial charge < -0.3 is 10.2 Å². The fourth-order valence-corrected chi connectivity index (χ4v) is 4.38. The number of amides is 1. The average Bonchev–Trinajstić information content (AvgIpc) is 3.35. The van der Waals surface area contributed by atoms with Gasteiger partial charge in [0.05, 0.1) is 5.56 Å². The van der Waals surface area contributed by atoms with Crippen molar-refractivity contribution >= 4 is 5.91 Å². The molecule has 1 aromatic carbocycles. The van der Waals surface area contributed by atoms with Gasteiger partial charge in [-0.2, -0.15) is 5.10 Å². The maximum atomic E-state index is 12.9. The van der Waals surface area contributed by atoms with Crippen LogP contribution >= 0.6 is 0 Å². The molecular formula is C25H31N5O. The van der Waals surface area contributed by atoms with Crippen molar-refractivity contribution in [2.24, 2.45) is 5.92 Å². The maximum Gasteiger partial charge on any atom is 0.253 e. The average molecular weight is 418 g/mol. The molecule has 162 valence electrons. The summed E-state index contributed by atoms with van der Waals surface area (Å²) in [6, 6.07) is 16.3. The van der Waals surface area contributed by atoms with Gasteiger partial charge in [0, 0.05) is 37.7 Å². The minimum Gasteiger partial charge on any atom is -0.349 e. The Kier molecular flexibility index (Phi) is 7.10. The second-order valence-corrected chi connectivity index (χ2v) is 8.48. The van der Waals surface area contributed by atoms with Gasteiger partial charge in [0.1, 0.15) is 0 Å². The number of carbonyl (C=O) groups is 1. The van der Waals surface area contributed by atoms with E-state index in [9.17, 15) is 4.79 Å². The third kappa shape index (κ3) is 5.79. The zero-order valence-electron chi connectivity index (χ0n) is 18.2. The van der Waals surface area contributed by atoms with Crippen molar-refractivity contribution in [3.63, 3.8) is 0 Å². The van der Waals surface area contributed by atoms with Crippen LogP contribution in [0, 0.1) is 5.92 Å². The Morgan fingerprint density at radius 1 is 1.13 bits per heavy atom. The van der Waals surface area contributed by atoms with Gasteiger partial charge in [-0.1, -0.05) is 43.2 Å². The summed E-state index contributed by atoms with van der Waals surface area (Å²) in [5, 5.41) is 7.47. The van der Waals surface area contributed by atoms with Crippen molar-refractivity contribution in [2.75, 3.05) is 20.1 Å². The van der Waals surface area contributed by atoms with E-state index in [1.807, 2.05) is 24.4 Å². The number of aromatic nitrogens is 3. The molecule has 1 aliphatic rings. The van der Waals surface area contributed by atoms with E-state index in [1.165, 1.54) is 18.4 Å². The molecule has 3 aromatic rings. The molecule has 0 unspecified atom stereocenters. The first kappa shape index (κ1) is 21.2. The summed E-state index contributed by atoms with van der Waals surface area (Å²) in [5.74, 6) is 1.15. The Morgan fingerprint density at radius 2 is 1.97 bits per heavy atom. The third-order valence-electron chi connectivity index (χ3n) is 6.15. The van der Waals surface area contributed by atoms with E-state index in [0.29, 0.717) is 17.3 Å². The fraction of sp³-hybridized carbons (Fsp3) is 0.400. The molecule has 1 amide bonds. The smallest absolute Gasteiger partial charge is 0.253 e. The molecule has 4 rings (SSSR count). The molecule has 1 saturated carbocycles. The lowest BCUT2D eigenvalue weighted by Crippen LogP contribution is -2.46. The largest absolute Gasteiger partial charge is 0.349 e. The maximum absolute atomic E-state index is 12.9. The van der Waals surface area contributed by atoms with E-state index in [1.54, 1.807) is 17.1 Å². The fourth-order valence-electron chi connectivity index (χ4n) is 4.38. The summed E-state index contributed by atoms with van der Waals surface area (Å²) >= 11 is 0. The molecule has 0 aliphatic heterocycles. The summed E-state index contributed by atoms with van der Waals surface area (Å²) in [4.78, 5) is 19.7. The first-order valence-corrected chi connectivity index (χ1v) is 11.2. The van der Waals surface area contributed by atoms with E-state index >= 15 is 0 Å². The van der Waals surface area contributed by atoms with E-state index in [-0.39, 0.29) is 11.9 Å². The molecule has 0 saturated heterocycles. The monoisotopic (exact) mass is 417 g/mol. The van der Waals surface area contributed by atoms with Gasteiger partial charge in [0.2, 0.25) is 0 Å². The Balaban J connectivity index is 1.32. The molecule has 1 aliphatic carbocycles. The number of rotatable bonds is 8. The number of likely N-dealkylation sites (N-methyl/N-ethyl adjacent to an activating group) is 1. The molecule has 0 bridgehead atoms. The molecule has 6 heteroatoms. The summed E-state index contributed by atoms with van der Waals surface area (Å²) in [5.41, 5.74) is 1.96. The molecule has 6 nitrogen and oxygen atoms in total. The molecule has 31 heavy (non-hydrogen) atoms. The normalized spacial score (nSPS) is 18.8. The van der Waals surface area contributed by atoms with Crippen LogP contribution < -0.4 is 5.32 Å². The minimum absolute atomic E-state index is 0.0386. The molecule has 2 heterocycles. The van der Waals surface area contributed by atoms with Gasteiger partial charge in [-0.05, 0) is 56.0 Å². The number of hydrogen-bond acceptors (Lipinski definition) is 4. The zero-order chi connectivity index (χ0) is 21.5. The van der Waals surface area contributed by atoms with Crippen molar-refractivity contribution in [3.8, 4) is 5.82 Å².